The maximum absolute atomic E-state index is 13.7. The number of nitrogens with zero attached hydrogens (tertiary/aromatic N) is 4. The van der Waals surface area contributed by atoms with Crippen LogP contribution in [-0.2, 0) is 20.9 Å². The Balaban J connectivity index is 1.27. The second kappa shape index (κ2) is 14.6. The number of carbonyl (C=O) groups excluding carboxylic acids is 2. The van der Waals surface area contributed by atoms with E-state index in [2.05, 4.69) is 20.1 Å². The van der Waals surface area contributed by atoms with E-state index in [0.717, 1.165) is 78.3 Å². The summed E-state index contributed by atoms with van der Waals surface area (Å²) in [7, 11) is 1.34. The van der Waals surface area contributed by atoms with Crippen molar-refractivity contribution in [3.05, 3.63) is 108 Å². The molecule has 2 N–H and O–H groups in total. The van der Waals surface area contributed by atoms with E-state index in [1.165, 1.54) is 7.11 Å². The van der Waals surface area contributed by atoms with Crippen LogP contribution in [0.4, 0.5) is 22.0 Å². The molecular formula is C38H41N5O5. The zero-order chi connectivity index (χ0) is 33.6. The van der Waals surface area contributed by atoms with Gasteiger partial charge in [0.15, 0.2) is 0 Å². The fourth-order valence-corrected chi connectivity index (χ4v) is 6.28. The van der Waals surface area contributed by atoms with Gasteiger partial charge >= 0.3 is 12.1 Å². The molecule has 0 spiro atoms. The quantitative estimate of drug-likeness (QED) is 0.189. The Morgan fingerprint density at radius 2 is 1.65 bits per heavy atom. The highest BCUT2D eigenvalue weighted by molar-refractivity contribution is 5.92. The molecule has 1 atom stereocenters. The van der Waals surface area contributed by atoms with Crippen molar-refractivity contribution in [3.63, 3.8) is 0 Å². The van der Waals surface area contributed by atoms with Gasteiger partial charge in [0, 0.05) is 44.8 Å². The summed E-state index contributed by atoms with van der Waals surface area (Å²) in [5, 5.41) is 12.8. The average Bonchev–Trinajstić information content (AvgIpc) is 3.96. The van der Waals surface area contributed by atoms with Crippen molar-refractivity contribution >= 4 is 35.2 Å². The van der Waals surface area contributed by atoms with Crippen LogP contribution in [0.25, 0.3) is 11.1 Å². The first-order valence-corrected chi connectivity index (χ1v) is 16.4. The van der Waals surface area contributed by atoms with E-state index < -0.39 is 18.1 Å². The zero-order valence-corrected chi connectivity index (χ0v) is 27.3. The van der Waals surface area contributed by atoms with Crippen molar-refractivity contribution in [1.29, 1.82) is 0 Å². The smallest absolute Gasteiger partial charge is 0.411 e. The predicted octanol–water partition coefficient (Wildman–Crippen LogP) is 6.52. The van der Waals surface area contributed by atoms with Crippen LogP contribution in [0.1, 0.15) is 42.0 Å². The number of aliphatic carboxylic acids is 1. The van der Waals surface area contributed by atoms with Crippen molar-refractivity contribution in [2.24, 2.45) is 5.92 Å². The number of benzene rings is 3. The van der Waals surface area contributed by atoms with Gasteiger partial charge < -0.3 is 24.5 Å². The number of ether oxygens (including phenoxy) is 1. The molecule has 6 rings (SSSR count). The van der Waals surface area contributed by atoms with Gasteiger partial charge in [-0.2, -0.15) is 0 Å². The van der Waals surface area contributed by atoms with Gasteiger partial charge in [0.2, 0.25) is 5.91 Å². The van der Waals surface area contributed by atoms with E-state index in [4.69, 9.17) is 4.74 Å². The number of pyridine rings is 1. The molecule has 1 saturated carbocycles. The number of nitrogens with one attached hydrogen (secondary N) is 1. The largest absolute Gasteiger partial charge is 0.481 e. The van der Waals surface area contributed by atoms with E-state index in [-0.39, 0.29) is 24.8 Å². The van der Waals surface area contributed by atoms with Gasteiger partial charge in [-0.05, 0) is 72.4 Å². The van der Waals surface area contributed by atoms with Crippen LogP contribution in [0.15, 0.2) is 91.1 Å². The summed E-state index contributed by atoms with van der Waals surface area (Å²) in [4.78, 5) is 48.8. The summed E-state index contributed by atoms with van der Waals surface area (Å²) >= 11 is 0. The Hall–Kier alpha value is -5.38. The monoisotopic (exact) mass is 647 g/mol. The Labute approximate surface area is 281 Å². The molecule has 1 aliphatic heterocycles. The highest BCUT2D eigenvalue weighted by Crippen LogP contribution is 2.37. The fourth-order valence-electron chi connectivity index (χ4n) is 6.28. The third-order valence-corrected chi connectivity index (χ3v) is 9.04. The third kappa shape index (κ3) is 7.76. The number of carboxylic acid groups (broad SMARTS) is 1. The molecule has 2 aliphatic rings. The Morgan fingerprint density at radius 3 is 2.31 bits per heavy atom. The van der Waals surface area contributed by atoms with Crippen molar-refractivity contribution in [3.8, 4) is 11.1 Å². The number of piperazine rings is 1. The minimum absolute atomic E-state index is 0.00992. The first kappa shape index (κ1) is 32.6. The molecule has 4 aromatic rings. The van der Waals surface area contributed by atoms with Gasteiger partial charge in [-0.3, -0.25) is 14.9 Å². The SMILES string of the molecule is COC(=O)Nc1cc(-c2cccc(CN(C(=O)C3CC3)C(CC(=O)O)c3ccc(C)cc3)c2)ccc1N1CCN(c2ccccn2)CC1. The number of carbonyl (C=O) groups is 3. The number of rotatable bonds is 11. The van der Waals surface area contributed by atoms with Gasteiger partial charge in [0.25, 0.3) is 0 Å². The Bertz CT molecular complexity index is 1750. The standard InChI is InChI=1S/C38H41N5O5/c1-26-9-11-28(12-10-26)34(24-36(44)45)43(37(46)29-13-14-29)25-27-6-5-7-30(22-27)31-15-16-33(32(23-31)40-38(47)48-2)41-18-20-42(21-19-41)35-8-3-4-17-39-35/h3-12,15-17,22-23,29,34H,13-14,18-21,24-25H2,1-2H3,(H,40,47)(H,44,45). The number of hydrogen-bond donors (Lipinski definition) is 2. The minimum Gasteiger partial charge on any atom is -0.481 e. The number of hydrogen-bond acceptors (Lipinski definition) is 7. The number of methoxy groups -OCH3 is 1. The number of aromatic nitrogens is 1. The van der Waals surface area contributed by atoms with Crippen LogP contribution in [0.3, 0.4) is 0 Å². The molecule has 0 radical (unpaired) electrons. The van der Waals surface area contributed by atoms with Gasteiger partial charge in [0.1, 0.15) is 5.82 Å². The van der Waals surface area contributed by atoms with Crippen LogP contribution in [0.5, 0.6) is 0 Å². The normalized spacial score (nSPS) is 15.0. The van der Waals surface area contributed by atoms with Gasteiger partial charge in [0.05, 0.1) is 30.9 Å². The highest BCUT2D eigenvalue weighted by atomic mass is 16.5. The van der Waals surface area contributed by atoms with Gasteiger partial charge in [-0.25, -0.2) is 9.78 Å². The first-order valence-electron chi connectivity index (χ1n) is 16.4. The molecule has 10 nitrogen and oxygen atoms in total. The molecule has 2 fully saturated rings. The Morgan fingerprint density at radius 1 is 0.917 bits per heavy atom. The molecule has 2 heterocycles. The lowest BCUT2D eigenvalue weighted by atomic mass is 9.98. The minimum atomic E-state index is -0.952. The second-order valence-electron chi connectivity index (χ2n) is 12.5. The maximum Gasteiger partial charge on any atom is 0.411 e. The van der Waals surface area contributed by atoms with Crippen molar-refractivity contribution < 1.29 is 24.2 Å². The molecule has 0 bridgehead atoms. The van der Waals surface area contributed by atoms with Crippen LogP contribution in [-0.4, -0.2) is 66.2 Å². The molecule has 1 aliphatic carbocycles. The molecule has 248 valence electrons. The van der Waals surface area contributed by atoms with Crippen LogP contribution < -0.4 is 15.1 Å². The van der Waals surface area contributed by atoms with E-state index >= 15 is 0 Å². The molecule has 2 amide bonds. The lowest BCUT2D eigenvalue weighted by molar-refractivity contribution is -0.142. The third-order valence-electron chi connectivity index (χ3n) is 9.04. The summed E-state index contributed by atoms with van der Waals surface area (Å²) in [5.74, 6) is -0.0813. The topological polar surface area (TPSA) is 115 Å². The number of aryl methyl sites for hydroxylation is 1. The molecule has 10 heteroatoms. The van der Waals surface area contributed by atoms with Gasteiger partial charge in [-0.15, -0.1) is 0 Å². The zero-order valence-electron chi connectivity index (χ0n) is 27.3. The molecule has 1 saturated heterocycles. The molecule has 48 heavy (non-hydrogen) atoms. The van der Waals surface area contributed by atoms with E-state index in [0.29, 0.717) is 5.69 Å². The van der Waals surface area contributed by atoms with E-state index in [9.17, 15) is 19.5 Å². The van der Waals surface area contributed by atoms with Crippen molar-refractivity contribution in [2.75, 3.05) is 48.4 Å². The molecule has 1 aromatic heterocycles. The van der Waals surface area contributed by atoms with Gasteiger partial charge in [-0.1, -0.05) is 60.2 Å². The average molecular weight is 648 g/mol. The van der Waals surface area contributed by atoms with Crippen molar-refractivity contribution in [2.45, 2.75) is 38.8 Å². The summed E-state index contributed by atoms with van der Waals surface area (Å²) in [6.07, 6.45) is 2.72. The van der Waals surface area contributed by atoms with Crippen LogP contribution >= 0.6 is 0 Å². The summed E-state index contributed by atoms with van der Waals surface area (Å²) in [6.45, 7) is 5.35. The van der Waals surface area contributed by atoms with E-state index in [1.54, 1.807) is 11.1 Å². The summed E-state index contributed by atoms with van der Waals surface area (Å²) in [5.41, 5.74) is 6.11. The molecule has 3 aromatic carbocycles. The van der Waals surface area contributed by atoms with Crippen molar-refractivity contribution in [1.82, 2.24) is 9.88 Å². The number of carboxylic acids is 1. The lowest BCUT2D eigenvalue weighted by Crippen LogP contribution is -2.47. The number of amides is 2. The fraction of sp³-hybridized carbons (Fsp3) is 0.316. The first-order chi connectivity index (χ1) is 23.3. The number of anilines is 3. The van der Waals surface area contributed by atoms with Crippen LogP contribution in [0.2, 0.25) is 0 Å². The summed E-state index contributed by atoms with van der Waals surface area (Å²) < 4.78 is 4.96. The van der Waals surface area contributed by atoms with Crippen LogP contribution in [0, 0.1) is 12.8 Å². The second-order valence-corrected chi connectivity index (χ2v) is 12.5. The maximum atomic E-state index is 13.7. The summed E-state index contributed by atoms with van der Waals surface area (Å²) in [6, 6.07) is 27.0. The Kier molecular flexibility index (Phi) is 9.89. The van der Waals surface area contributed by atoms with E-state index in [1.807, 2.05) is 91.9 Å². The molecular weight excluding hydrogens is 606 g/mol. The predicted molar refractivity (Wildman–Crippen MR) is 186 cm³/mol. The molecule has 1 unspecified atom stereocenters. The highest BCUT2D eigenvalue weighted by Gasteiger charge is 2.37. The lowest BCUT2D eigenvalue weighted by Gasteiger charge is -2.37.